The lowest BCUT2D eigenvalue weighted by Gasteiger charge is -2.11. The first-order chi connectivity index (χ1) is 13.3. The van der Waals surface area contributed by atoms with E-state index >= 15 is 0 Å². The summed E-state index contributed by atoms with van der Waals surface area (Å²) in [5, 5.41) is 3.85. The number of ether oxygens (including phenoxy) is 1. The van der Waals surface area contributed by atoms with Gasteiger partial charge >= 0.3 is 0 Å². The van der Waals surface area contributed by atoms with Gasteiger partial charge in [-0.05, 0) is 61.1 Å². The Morgan fingerprint density at radius 1 is 0.964 bits per heavy atom. The van der Waals surface area contributed by atoms with Crippen LogP contribution in [0.1, 0.15) is 23.2 Å². The lowest BCUT2D eigenvalue weighted by Crippen LogP contribution is -2.48. The number of carbonyl (C=O) groups is 2. The minimum Gasteiger partial charge on any atom is -0.492 e. The number of hydrazine groups is 1. The molecule has 148 valence electrons. The molecule has 28 heavy (non-hydrogen) atoms. The van der Waals surface area contributed by atoms with E-state index in [1.807, 2.05) is 0 Å². The van der Waals surface area contributed by atoms with E-state index in [4.69, 9.17) is 51.8 Å². The molecule has 0 saturated heterocycles. The van der Waals surface area contributed by atoms with Gasteiger partial charge in [0.05, 0.1) is 11.6 Å². The zero-order valence-electron chi connectivity index (χ0n) is 14.4. The second-order valence-corrected chi connectivity index (χ2v) is 7.18. The maximum absolute atomic E-state index is 12.0. The summed E-state index contributed by atoms with van der Waals surface area (Å²) in [4.78, 5) is 23.8. The number of benzene rings is 2. The highest BCUT2D eigenvalue weighted by molar-refractivity contribution is 7.80. The number of hydrogen-bond donors (Lipinski definition) is 3. The molecule has 0 saturated carbocycles. The first kappa shape index (κ1) is 22.2. The topological polar surface area (TPSA) is 79.5 Å². The quantitative estimate of drug-likeness (QED) is 0.343. The van der Waals surface area contributed by atoms with Gasteiger partial charge in [-0.2, -0.15) is 0 Å². The second kappa shape index (κ2) is 11.1. The van der Waals surface area contributed by atoms with Crippen LogP contribution in [0, 0.1) is 0 Å². The van der Waals surface area contributed by atoms with Gasteiger partial charge in [0.15, 0.2) is 5.11 Å². The Balaban J connectivity index is 1.64. The minimum absolute atomic E-state index is 0.0301. The predicted octanol–water partition coefficient (Wildman–Crippen LogP) is 4.14. The molecule has 6 nitrogen and oxygen atoms in total. The van der Waals surface area contributed by atoms with Gasteiger partial charge in [0, 0.05) is 22.0 Å². The van der Waals surface area contributed by atoms with Crippen molar-refractivity contribution < 1.29 is 14.3 Å². The Bertz CT molecular complexity index is 863. The van der Waals surface area contributed by atoms with Gasteiger partial charge in [-0.15, -0.1) is 0 Å². The first-order valence-corrected chi connectivity index (χ1v) is 9.63. The molecule has 0 aliphatic rings. The van der Waals surface area contributed by atoms with Gasteiger partial charge in [0.2, 0.25) is 5.91 Å². The Kier molecular flexibility index (Phi) is 8.79. The zero-order valence-corrected chi connectivity index (χ0v) is 17.5. The molecule has 0 atom stereocenters. The fourth-order valence-electron chi connectivity index (χ4n) is 2.00. The van der Waals surface area contributed by atoms with Crippen molar-refractivity contribution in [1.29, 1.82) is 0 Å². The fourth-order valence-corrected chi connectivity index (χ4v) is 2.74. The summed E-state index contributed by atoms with van der Waals surface area (Å²) in [7, 11) is 0. The molecular formula is C18H16Cl3N3O3S. The number of hydrogen-bond acceptors (Lipinski definition) is 4. The Hall–Kier alpha value is -2.06. The Labute approximate surface area is 182 Å². The summed E-state index contributed by atoms with van der Waals surface area (Å²) in [5.74, 6) is -0.235. The summed E-state index contributed by atoms with van der Waals surface area (Å²) in [6.45, 7) is 0.298. The molecule has 0 heterocycles. The van der Waals surface area contributed by atoms with Crippen LogP contribution in [0.25, 0.3) is 0 Å². The third-order valence-corrected chi connectivity index (χ3v) is 4.34. The summed E-state index contributed by atoms with van der Waals surface area (Å²) < 4.78 is 5.49. The average Bonchev–Trinajstić information content (AvgIpc) is 2.65. The maximum Gasteiger partial charge on any atom is 0.257 e. The van der Waals surface area contributed by atoms with Gasteiger partial charge in [-0.25, -0.2) is 0 Å². The van der Waals surface area contributed by atoms with Crippen LogP contribution in [0.3, 0.4) is 0 Å². The van der Waals surface area contributed by atoms with Crippen LogP contribution in [-0.2, 0) is 4.79 Å². The smallest absolute Gasteiger partial charge is 0.257 e. The van der Waals surface area contributed by atoms with E-state index in [2.05, 4.69) is 16.2 Å². The van der Waals surface area contributed by atoms with Crippen molar-refractivity contribution in [2.24, 2.45) is 0 Å². The summed E-state index contributed by atoms with van der Waals surface area (Å²) in [5.41, 5.74) is 5.25. The van der Waals surface area contributed by atoms with Gasteiger partial charge in [0.25, 0.3) is 5.91 Å². The molecule has 0 spiro atoms. The van der Waals surface area contributed by atoms with E-state index in [9.17, 15) is 9.59 Å². The second-order valence-electron chi connectivity index (χ2n) is 5.49. The predicted molar refractivity (Wildman–Crippen MR) is 114 cm³/mol. The highest BCUT2D eigenvalue weighted by Crippen LogP contribution is 2.27. The molecule has 2 rings (SSSR count). The number of amides is 2. The van der Waals surface area contributed by atoms with E-state index in [0.717, 1.165) is 0 Å². The average molecular weight is 461 g/mol. The molecule has 0 fully saturated rings. The van der Waals surface area contributed by atoms with E-state index in [1.165, 1.54) is 0 Å². The minimum atomic E-state index is -0.420. The van der Waals surface area contributed by atoms with Crippen LogP contribution in [0.15, 0.2) is 42.5 Å². The molecule has 10 heteroatoms. The molecule has 0 unspecified atom stereocenters. The molecule has 0 aromatic heterocycles. The number of nitrogens with one attached hydrogen (secondary N) is 3. The van der Waals surface area contributed by atoms with Crippen molar-refractivity contribution in [2.75, 3.05) is 6.61 Å². The number of halogens is 3. The molecule has 2 amide bonds. The van der Waals surface area contributed by atoms with Crippen molar-refractivity contribution in [3.05, 3.63) is 63.1 Å². The third-order valence-electron chi connectivity index (χ3n) is 3.35. The fraction of sp³-hybridized carbons (Fsp3) is 0.167. The van der Waals surface area contributed by atoms with Crippen LogP contribution >= 0.6 is 47.0 Å². The molecule has 0 aliphatic heterocycles. The monoisotopic (exact) mass is 459 g/mol. The SMILES string of the molecule is O=C(CCCOc1ccc(Cl)cc1Cl)NNC(=S)NC(=O)c1ccc(Cl)cc1. The number of thiocarbonyl (C=S) groups is 1. The van der Waals surface area contributed by atoms with Crippen molar-refractivity contribution in [3.8, 4) is 5.75 Å². The normalized spacial score (nSPS) is 10.1. The van der Waals surface area contributed by atoms with Crippen molar-refractivity contribution in [3.63, 3.8) is 0 Å². The lowest BCUT2D eigenvalue weighted by molar-refractivity contribution is -0.121. The molecule has 3 N–H and O–H groups in total. The third kappa shape index (κ3) is 7.52. The molecule has 0 radical (unpaired) electrons. The van der Waals surface area contributed by atoms with Gasteiger partial charge in [0.1, 0.15) is 5.75 Å². The van der Waals surface area contributed by atoms with Gasteiger partial charge in [-0.3, -0.25) is 25.8 Å². The number of rotatable bonds is 6. The Morgan fingerprint density at radius 3 is 2.32 bits per heavy atom. The molecule has 0 aliphatic carbocycles. The van der Waals surface area contributed by atoms with E-state index in [0.29, 0.717) is 39.4 Å². The summed E-state index contributed by atoms with van der Waals surface area (Å²) >= 11 is 22.5. The first-order valence-electron chi connectivity index (χ1n) is 8.09. The molecular weight excluding hydrogens is 445 g/mol. The molecule has 0 bridgehead atoms. The lowest BCUT2D eigenvalue weighted by atomic mass is 10.2. The van der Waals surface area contributed by atoms with Crippen LogP contribution in [-0.4, -0.2) is 23.5 Å². The highest BCUT2D eigenvalue weighted by atomic mass is 35.5. The van der Waals surface area contributed by atoms with Crippen molar-refractivity contribution >= 4 is 63.9 Å². The summed E-state index contributed by atoms with van der Waals surface area (Å²) in [6, 6.07) is 11.2. The van der Waals surface area contributed by atoms with E-state index < -0.39 is 5.91 Å². The van der Waals surface area contributed by atoms with Crippen LogP contribution in [0.2, 0.25) is 15.1 Å². The standard InChI is InChI=1S/C18H16Cl3N3O3S/c19-12-5-3-11(4-6-12)17(26)22-18(28)24-23-16(25)2-1-9-27-15-8-7-13(20)10-14(15)21/h3-8,10H,1-2,9H2,(H,23,25)(H2,22,24,26,28). The van der Waals surface area contributed by atoms with Gasteiger partial charge in [-0.1, -0.05) is 34.8 Å². The van der Waals surface area contributed by atoms with E-state index in [1.54, 1.807) is 42.5 Å². The molecule has 2 aromatic carbocycles. The van der Waals surface area contributed by atoms with Crippen LogP contribution in [0.5, 0.6) is 5.75 Å². The van der Waals surface area contributed by atoms with Crippen molar-refractivity contribution in [1.82, 2.24) is 16.2 Å². The van der Waals surface area contributed by atoms with E-state index in [-0.39, 0.29) is 17.4 Å². The highest BCUT2D eigenvalue weighted by Gasteiger charge is 2.09. The summed E-state index contributed by atoms with van der Waals surface area (Å²) in [6.07, 6.45) is 0.641. The largest absolute Gasteiger partial charge is 0.492 e. The van der Waals surface area contributed by atoms with Gasteiger partial charge < -0.3 is 4.74 Å². The van der Waals surface area contributed by atoms with Crippen LogP contribution in [0.4, 0.5) is 0 Å². The molecule has 2 aromatic rings. The number of carbonyl (C=O) groups excluding carboxylic acids is 2. The Morgan fingerprint density at radius 2 is 1.64 bits per heavy atom. The van der Waals surface area contributed by atoms with Crippen molar-refractivity contribution in [2.45, 2.75) is 12.8 Å². The van der Waals surface area contributed by atoms with Crippen LogP contribution < -0.4 is 20.9 Å². The zero-order chi connectivity index (χ0) is 20.5. The maximum atomic E-state index is 12.0.